The van der Waals surface area contributed by atoms with Crippen LogP contribution in [-0.2, 0) is 14.8 Å². The smallest absolute Gasteiger partial charge is 0.321 e. The third-order valence-corrected chi connectivity index (χ3v) is 3.70. The highest BCUT2D eigenvalue weighted by molar-refractivity contribution is 7.89. The summed E-state index contributed by atoms with van der Waals surface area (Å²) in [7, 11) is -3.82. The molecule has 0 heterocycles. The van der Waals surface area contributed by atoms with Crippen LogP contribution in [0.3, 0.4) is 0 Å². The quantitative estimate of drug-likeness (QED) is 0.801. The average Bonchev–Trinajstić information content (AvgIpc) is 2.29. The SMILES string of the molecule is CCOc1ccc(S(=O)(=O)N[C@H](C)C(=O)O)cc1. The predicted molar refractivity (Wildman–Crippen MR) is 65.0 cm³/mol. The average molecular weight is 273 g/mol. The molecular formula is C11H15NO5S. The first-order chi connectivity index (χ1) is 8.36. The van der Waals surface area contributed by atoms with Crippen molar-refractivity contribution in [2.24, 2.45) is 0 Å². The second-order valence-electron chi connectivity index (χ2n) is 3.59. The lowest BCUT2D eigenvalue weighted by Gasteiger charge is -2.10. The first-order valence-corrected chi connectivity index (χ1v) is 6.83. The molecule has 0 aliphatic heterocycles. The highest BCUT2D eigenvalue weighted by Gasteiger charge is 2.21. The maximum Gasteiger partial charge on any atom is 0.321 e. The Morgan fingerprint density at radius 3 is 2.39 bits per heavy atom. The Balaban J connectivity index is 2.88. The van der Waals surface area contributed by atoms with Gasteiger partial charge in [-0.1, -0.05) is 0 Å². The van der Waals surface area contributed by atoms with Crippen molar-refractivity contribution in [3.63, 3.8) is 0 Å². The molecule has 0 fully saturated rings. The maximum atomic E-state index is 11.8. The van der Waals surface area contributed by atoms with E-state index in [1.54, 1.807) is 0 Å². The summed E-state index contributed by atoms with van der Waals surface area (Å²) in [6.07, 6.45) is 0. The molecule has 0 aromatic heterocycles. The fraction of sp³-hybridized carbons (Fsp3) is 0.364. The lowest BCUT2D eigenvalue weighted by atomic mass is 10.3. The van der Waals surface area contributed by atoms with Gasteiger partial charge in [0.25, 0.3) is 0 Å². The predicted octanol–water partition coefficient (Wildman–Crippen LogP) is 0.837. The third kappa shape index (κ3) is 3.71. The van der Waals surface area contributed by atoms with Crippen LogP contribution in [0.4, 0.5) is 0 Å². The molecule has 0 spiro atoms. The molecule has 1 aromatic rings. The summed E-state index contributed by atoms with van der Waals surface area (Å²) in [6.45, 7) is 3.57. The molecule has 1 atom stereocenters. The highest BCUT2D eigenvalue weighted by atomic mass is 32.2. The summed E-state index contributed by atoms with van der Waals surface area (Å²) in [5.74, 6) is -0.674. The number of hydrogen-bond acceptors (Lipinski definition) is 4. The zero-order valence-corrected chi connectivity index (χ0v) is 10.9. The molecule has 18 heavy (non-hydrogen) atoms. The second kappa shape index (κ2) is 5.83. The minimum absolute atomic E-state index is 0.000877. The molecule has 0 unspecified atom stereocenters. The van der Waals surface area contributed by atoms with Gasteiger partial charge in [-0.2, -0.15) is 4.72 Å². The van der Waals surface area contributed by atoms with Crippen molar-refractivity contribution in [3.05, 3.63) is 24.3 Å². The zero-order chi connectivity index (χ0) is 13.8. The number of carboxylic acid groups (broad SMARTS) is 1. The van der Waals surface area contributed by atoms with Crippen molar-refractivity contribution in [2.45, 2.75) is 24.8 Å². The second-order valence-corrected chi connectivity index (χ2v) is 5.30. The molecule has 1 aromatic carbocycles. The van der Waals surface area contributed by atoms with Crippen LogP contribution in [0.1, 0.15) is 13.8 Å². The fourth-order valence-corrected chi connectivity index (χ4v) is 2.43. The van der Waals surface area contributed by atoms with Crippen LogP contribution in [0.15, 0.2) is 29.2 Å². The zero-order valence-electron chi connectivity index (χ0n) is 10.1. The van der Waals surface area contributed by atoms with E-state index in [2.05, 4.69) is 4.72 Å². The van der Waals surface area contributed by atoms with Crippen LogP contribution in [0, 0.1) is 0 Å². The summed E-state index contributed by atoms with van der Waals surface area (Å²) in [4.78, 5) is 10.6. The molecular weight excluding hydrogens is 258 g/mol. The highest BCUT2D eigenvalue weighted by Crippen LogP contribution is 2.16. The number of carbonyl (C=O) groups is 1. The first-order valence-electron chi connectivity index (χ1n) is 5.35. The summed E-state index contributed by atoms with van der Waals surface area (Å²) >= 11 is 0. The molecule has 6 nitrogen and oxygen atoms in total. The number of aliphatic carboxylic acids is 1. The summed E-state index contributed by atoms with van der Waals surface area (Å²) < 4.78 is 30.8. The Morgan fingerprint density at radius 1 is 1.39 bits per heavy atom. The molecule has 0 aliphatic rings. The van der Waals surface area contributed by atoms with Gasteiger partial charge in [-0.25, -0.2) is 8.42 Å². The Kier molecular flexibility index (Phi) is 4.69. The van der Waals surface area contributed by atoms with Gasteiger partial charge in [-0.3, -0.25) is 4.79 Å². The van der Waals surface area contributed by atoms with Crippen molar-refractivity contribution < 1.29 is 23.1 Å². The van der Waals surface area contributed by atoms with E-state index in [4.69, 9.17) is 9.84 Å². The number of nitrogens with one attached hydrogen (secondary N) is 1. The van der Waals surface area contributed by atoms with Crippen LogP contribution in [0.5, 0.6) is 5.75 Å². The Hall–Kier alpha value is -1.60. The standard InChI is InChI=1S/C11H15NO5S/c1-3-17-9-4-6-10(7-5-9)18(15,16)12-8(2)11(13)14/h4-8,12H,3H2,1-2H3,(H,13,14)/t8-/m1/s1. The largest absolute Gasteiger partial charge is 0.494 e. The van der Waals surface area contributed by atoms with E-state index in [1.165, 1.54) is 31.2 Å². The number of sulfonamides is 1. The van der Waals surface area contributed by atoms with Gasteiger partial charge < -0.3 is 9.84 Å². The molecule has 0 aliphatic carbocycles. The van der Waals surface area contributed by atoms with Gasteiger partial charge in [0.2, 0.25) is 10.0 Å². The Bertz CT molecular complexity index is 509. The maximum absolute atomic E-state index is 11.8. The van der Waals surface area contributed by atoms with Gasteiger partial charge in [0.15, 0.2) is 0 Å². The normalized spacial score (nSPS) is 13.0. The first kappa shape index (κ1) is 14.5. The Morgan fingerprint density at radius 2 is 1.94 bits per heavy atom. The van der Waals surface area contributed by atoms with E-state index in [-0.39, 0.29) is 4.90 Å². The molecule has 0 saturated carbocycles. The Labute approximate surface area is 106 Å². The molecule has 0 radical (unpaired) electrons. The van der Waals surface area contributed by atoms with Gasteiger partial charge in [-0.05, 0) is 38.1 Å². The van der Waals surface area contributed by atoms with Gasteiger partial charge in [0.05, 0.1) is 11.5 Å². The topological polar surface area (TPSA) is 92.7 Å². The van der Waals surface area contributed by atoms with Gasteiger partial charge in [0, 0.05) is 0 Å². The van der Waals surface area contributed by atoms with Crippen LogP contribution < -0.4 is 9.46 Å². The van der Waals surface area contributed by atoms with E-state index in [9.17, 15) is 13.2 Å². The molecule has 0 amide bonds. The summed E-state index contributed by atoms with van der Waals surface area (Å²) in [5, 5.41) is 8.66. The van der Waals surface area contributed by atoms with Crippen molar-refractivity contribution in [3.8, 4) is 5.75 Å². The van der Waals surface area contributed by atoms with Gasteiger partial charge >= 0.3 is 5.97 Å². The van der Waals surface area contributed by atoms with Gasteiger partial charge in [-0.15, -0.1) is 0 Å². The van der Waals surface area contributed by atoms with Crippen molar-refractivity contribution in [1.82, 2.24) is 4.72 Å². The van der Waals surface area contributed by atoms with E-state index >= 15 is 0 Å². The van der Waals surface area contributed by atoms with Crippen LogP contribution in [0.25, 0.3) is 0 Å². The fourth-order valence-electron chi connectivity index (χ4n) is 1.23. The number of carboxylic acids is 1. The van der Waals surface area contributed by atoms with Crippen LogP contribution >= 0.6 is 0 Å². The summed E-state index contributed by atoms with van der Waals surface area (Å²) in [5.41, 5.74) is 0. The minimum Gasteiger partial charge on any atom is -0.494 e. The van der Waals surface area contributed by atoms with Crippen molar-refractivity contribution in [1.29, 1.82) is 0 Å². The minimum atomic E-state index is -3.82. The van der Waals surface area contributed by atoms with E-state index in [1.807, 2.05) is 6.92 Å². The number of ether oxygens (including phenoxy) is 1. The van der Waals surface area contributed by atoms with E-state index < -0.39 is 22.0 Å². The molecule has 100 valence electrons. The molecule has 7 heteroatoms. The van der Waals surface area contributed by atoms with Crippen LogP contribution in [0.2, 0.25) is 0 Å². The molecule has 1 rings (SSSR count). The number of hydrogen-bond donors (Lipinski definition) is 2. The lowest BCUT2D eigenvalue weighted by molar-refractivity contribution is -0.138. The third-order valence-electron chi connectivity index (χ3n) is 2.15. The van der Waals surface area contributed by atoms with Crippen molar-refractivity contribution in [2.75, 3.05) is 6.61 Å². The molecule has 0 saturated heterocycles. The lowest BCUT2D eigenvalue weighted by Crippen LogP contribution is -2.38. The van der Waals surface area contributed by atoms with Crippen LogP contribution in [-0.4, -0.2) is 32.1 Å². The van der Waals surface area contributed by atoms with Crippen molar-refractivity contribution >= 4 is 16.0 Å². The number of rotatable bonds is 6. The molecule has 2 N–H and O–H groups in total. The number of benzene rings is 1. The monoisotopic (exact) mass is 273 g/mol. The summed E-state index contributed by atoms with van der Waals surface area (Å²) in [6, 6.07) is 4.58. The van der Waals surface area contributed by atoms with E-state index in [0.29, 0.717) is 12.4 Å². The molecule has 0 bridgehead atoms. The van der Waals surface area contributed by atoms with E-state index in [0.717, 1.165) is 0 Å². The van der Waals surface area contributed by atoms with Gasteiger partial charge in [0.1, 0.15) is 11.8 Å².